The number of nitrogens with one attached hydrogen (secondary N) is 1. The van der Waals surface area contributed by atoms with Crippen LogP contribution in [0.3, 0.4) is 0 Å². The zero-order valence-electron chi connectivity index (χ0n) is 19.8. The fourth-order valence-electron chi connectivity index (χ4n) is 4.94. The van der Waals surface area contributed by atoms with E-state index in [4.69, 9.17) is 20.9 Å². The molecule has 0 bridgehead atoms. The second-order valence-electron chi connectivity index (χ2n) is 9.15. The second-order valence-corrected chi connectivity index (χ2v) is 10.1. The minimum absolute atomic E-state index is 0.000678. The maximum atomic E-state index is 13.1. The SMILES string of the molecule is CCO[C@@H]1CN(c2ccc3c(c2)OC[C@H](NC(=O)c2sc4nc(C)cc(C)c4c2N)C3)C[C@@H]1N. The number of thiophene rings is 1. The zero-order valence-corrected chi connectivity index (χ0v) is 20.6. The third-order valence-corrected chi connectivity index (χ3v) is 7.68. The quantitative estimate of drug-likeness (QED) is 0.513. The Morgan fingerprint density at radius 3 is 2.94 bits per heavy atom. The molecule has 3 aromatic rings. The van der Waals surface area contributed by atoms with Crippen LogP contribution in [0.15, 0.2) is 24.3 Å². The van der Waals surface area contributed by atoms with Gasteiger partial charge in [0.1, 0.15) is 22.1 Å². The summed E-state index contributed by atoms with van der Waals surface area (Å²) in [4.78, 5) is 21.2. The molecule has 0 aliphatic carbocycles. The van der Waals surface area contributed by atoms with Crippen molar-refractivity contribution in [3.63, 3.8) is 0 Å². The van der Waals surface area contributed by atoms with Gasteiger partial charge in [-0.3, -0.25) is 4.79 Å². The molecule has 1 saturated heterocycles. The van der Waals surface area contributed by atoms with E-state index < -0.39 is 0 Å². The lowest BCUT2D eigenvalue weighted by Gasteiger charge is -2.28. The van der Waals surface area contributed by atoms with Crippen molar-refractivity contribution in [2.75, 3.05) is 36.9 Å². The van der Waals surface area contributed by atoms with E-state index in [1.165, 1.54) is 11.3 Å². The Labute approximate surface area is 203 Å². The molecule has 2 aliphatic rings. The van der Waals surface area contributed by atoms with Crippen molar-refractivity contribution in [1.29, 1.82) is 0 Å². The summed E-state index contributed by atoms with van der Waals surface area (Å²) >= 11 is 1.34. The van der Waals surface area contributed by atoms with Crippen LogP contribution in [0.5, 0.6) is 5.75 Å². The number of rotatable bonds is 5. The van der Waals surface area contributed by atoms with Crippen LogP contribution in [0.2, 0.25) is 0 Å². The van der Waals surface area contributed by atoms with E-state index >= 15 is 0 Å². The maximum Gasteiger partial charge on any atom is 0.263 e. The first-order chi connectivity index (χ1) is 16.3. The number of amides is 1. The Bertz CT molecular complexity index is 1240. The van der Waals surface area contributed by atoms with Crippen molar-refractivity contribution >= 4 is 38.8 Å². The predicted octanol–water partition coefficient (Wildman–Crippen LogP) is 2.78. The molecule has 1 amide bonds. The van der Waals surface area contributed by atoms with E-state index in [0.29, 0.717) is 30.2 Å². The van der Waals surface area contributed by atoms with Gasteiger partial charge in [-0.25, -0.2) is 4.98 Å². The highest BCUT2D eigenvalue weighted by Crippen LogP contribution is 2.36. The average Bonchev–Trinajstić information content (AvgIpc) is 3.33. The van der Waals surface area contributed by atoms with Crippen LogP contribution in [0.4, 0.5) is 11.4 Å². The van der Waals surface area contributed by atoms with Crippen LogP contribution >= 0.6 is 11.3 Å². The number of carbonyl (C=O) groups is 1. The number of fused-ring (bicyclic) bond motifs is 2. The molecule has 0 saturated carbocycles. The number of benzene rings is 1. The Morgan fingerprint density at radius 2 is 2.15 bits per heavy atom. The number of hydrogen-bond acceptors (Lipinski definition) is 8. The molecule has 5 rings (SSSR count). The van der Waals surface area contributed by atoms with Crippen LogP contribution in [-0.2, 0) is 11.2 Å². The molecule has 9 heteroatoms. The fourth-order valence-corrected chi connectivity index (χ4v) is 6.06. The van der Waals surface area contributed by atoms with Gasteiger partial charge in [0.05, 0.1) is 23.9 Å². The molecular formula is C25H31N5O3S. The standard InChI is InChI=1S/C25H31N5O3S/c1-4-32-20-11-30(10-18(20)26)17-6-5-15-8-16(12-33-19(15)9-17)29-24(31)23-22(27)21-13(2)7-14(3)28-25(21)34-23/h5-7,9,16,18,20H,4,8,10-12,26-27H2,1-3H3,(H,29,31)/t16-,18+,20-/m1/s1. The molecule has 34 heavy (non-hydrogen) atoms. The highest BCUT2D eigenvalue weighted by Gasteiger charge is 2.32. The Morgan fingerprint density at radius 1 is 1.32 bits per heavy atom. The normalized spacial score (nSPS) is 22.0. The molecular weight excluding hydrogens is 450 g/mol. The van der Waals surface area contributed by atoms with Gasteiger partial charge < -0.3 is 31.2 Å². The summed E-state index contributed by atoms with van der Waals surface area (Å²) in [6.07, 6.45) is 0.745. The lowest BCUT2D eigenvalue weighted by Crippen LogP contribution is -2.42. The van der Waals surface area contributed by atoms with E-state index in [1.54, 1.807) is 0 Å². The van der Waals surface area contributed by atoms with Gasteiger partial charge in [-0.1, -0.05) is 6.07 Å². The van der Waals surface area contributed by atoms with Crippen molar-refractivity contribution in [2.45, 2.75) is 45.4 Å². The van der Waals surface area contributed by atoms with Crippen LogP contribution < -0.4 is 26.4 Å². The Hall–Kier alpha value is -2.88. The summed E-state index contributed by atoms with van der Waals surface area (Å²) in [7, 11) is 0. The van der Waals surface area contributed by atoms with E-state index in [1.807, 2.05) is 26.8 Å². The molecule has 1 fully saturated rings. The molecule has 2 aliphatic heterocycles. The third-order valence-electron chi connectivity index (χ3n) is 6.58. The summed E-state index contributed by atoms with van der Waals surface area (Å²) in [5, 5.41) is 3.97. The summed E-state index contributed by atoms with van der Waals surface area (Å²) in [6.45, 7) is 8.53. The largest absolute Gasteiger partial charge is 0.491 e. The number of nitrogens with two attached hydrogens (primary N) is 2. The van der Waals surface area contributed by atoms with Crippen molar-refractivity contribution in [1.82, 2.24) is 10.3 Å². The number of nitrogens with zero attached hydrogens (tertiary/aromatic N) is 2. The van der Waals surface area contributed by atoms with Crippen LogP contribution in [0.1, 0.15) is 33.4 Å². The van der Waals surface area contributed by atoms with Crippen LogP contribution in [0, 0.1) is 13.8 Å². The van der Waals surface area contributed by atoms with Crippen molar-refractivity contribution in [3.8, 4) is 5.75 Å². The maximum absolute atomic E-state index is 13.1. The first kappa shape index (κ1) is 22.9. The van der Waals surface area contributed by atoms with Crippen LogP contribution in [0.25, 0.3) is 10.2 Å². The van der Waals surface area contributed by atoms with E-state index in [9.17, 15) is 4.79 Å². The minimum atomic E-state index is -0.181. The number of aryl methyl sites for hydroxylation is 2. The Balaban J connectivity index is 1.28. The van der Waals surface area contributed by atoms with Crippen LogP contribution in [-0.4, -0.2) is 55.4 Å². The number of aromatic nitrogens is 1. The van der Waals surface area contributed by atoms with Gasteiger partial charge in [-0.05, 0) is 50.5 Å². The smallest absolute Gasteiger partial charge is 0.263 e. The van der Waals surface area contributed by atoms with Crippen molar-refractivity contribution in [2.24, 2.45) is 5.73 Å². The summed E-state index contributed by atoms with van der Waals surface area (Å²) < 4.78 is 11.8. The molecule has 8 nitrogen and oxygen atoms in total. The lowest BCUT2D eigenvalue weighted by molar-refractivity contribution is 0.0680. The topological polar surface area (TPSA) is 116 Å². The number of hydrogen-bond donors (Lipinski definition) is 3. The first-order valence-corrected chi connectivity index (χ1v) is 12.5. The molecule has 0 unspecified atom stereocenters. The molecule has 0 radical (unpaired) electrons. The van der Waals surface area contributed by atoms with E-state index in [0.717, 1.165) is 51.6 Å². The molecule has 4 heterocycles. The summed E-state index contributed by atoms with van der Waals surface area (Å²) in [5.41, 5.74) is 17.2. The first-order valence-electron chi connectivity index (χ1n) is 11.7. The van der Waals surface area contributed by atoms with Crippen molar-refractivity contribution < 1.29 is 14.3 Å². The minimum Gasteiger partial charge on any atom is -0.491 e. The monoisotopic (exact) mass is 481 g/mol. The number of pyridine rings is 1. The molecule has 3 atom stereocenters. The highest BCUT2D eigenvalue weighted by molar-refractivity contribution is 7.21. The average molecular weight is 482 g/mol. The number of carbonyl (C=O) groups excluding carboxylic acids is 1. The number of anilines is 2. The predicted molar refractivity (Wildman–Crippen MR) is 136 cm³/mol. The van der Waals surface area contributed by atoms with Gasteiger partial charge >= 0.3 is 0 Å². The van der Waals surface area contributed by atoms with E-state index in [2.05, 4.69) is 33.4 Å². The highest BCUT2D eigenvalue weighted by atomic mass is 32.1. The summed E-state index contributed by atoms with van der Waals surface area (Å²) in [6, 6.07) is 8.09. The second kappa shape index (κ2) is 9.05. The van der Waals surface area contributed by atoms with Gasteiger partial charge in [-0.15, -0.1) is 11.3 Å². The number of ether oxygens (including phenoxy) is 2. The molecule has 0 spiro atoms. The fraction of sp³-hybridized carbons (Fsp3) is 0.440. The van der Waals surface area contributed by atoms with Gasteiger partial charge in [0.25, 0.3) is 5.91 Å². The number of nitrogen functional groups attached to an aromatic ring is 1. The molecule has 180 valence electrons. The molecule has 1 aromatic carbocycles. The Kier molecular flexibility index (Phi) is 6.09. The van der Waals surface area contributed by atoms with Gasteiger partial charge in [0.2, 0.25) is 0 Å². The van der Waals surface area contributed by atoms with Gasteiger partial charge in [0, 0.05) is 42.5 Å². The molecule has 2 aromatic heterocycles. The van der Waals surface area contributed by atoms with Gasteiger partial charge in [-0.2, -0.15) is 0 Å². The summed E-state index contributed by atoms with van der Waals surface area (Å²) in [5.74, 6) is 0.673. The van der Waals surface area contributed by atoms with Crippen molar-refractivity contribution in [3.05, 3.63) is 46.0 Å². The third kappa shape index (κ3) is 4.19. The lowest BCUT2D eigenvalue weighted by atomic mass is 10.0. The zero-order chi connectivity index (χ0) is 24.0. The van der Waals surface area contributed by atoms with E-state index in [-0.39, 0.29) is 24.1 Å². The van der Waals surface area contributed by atoms with Gasteiger partial charge in [0.15, 0.2) is 0 Å². The molecule has 5 N–H and O–H groups in total.